The predicted octanol–water partition coefficient (Wildman–Crippen LogP) is 5.03. The topological polar surface area (TPSA) is 12.9 Å². The molecule has 2 rings (SSSR count). The lowest BCUT2D eigenvalue weighted by atomic mass is 10.0. The second-order valence-corrected chi connectivity index (χ2v) is 6.04. The Hall–Kier alpha value is 0.590. The molecule has 1 aliphatic carbocycles. The van der Waals surface area contributed by atoms with Gasteiger partial charge in [0.1, 0.15) is 0 Å². The number of rotatable bonds is 1. The van der Waals surface area contributed by atoms with Crippen LogP contribution in [-0.2, 0) is 0 Å². The molecule has 0 bridgehead atoms. The van der Waals surface area contributed by atoms with Crippen molar-refractivity contribution in [3.63, 3.8) is 0 Å². The van der Waals surface area contributed by atoms with E-state index in [1.54, 1.807) is 0 Å². The van der Waals surface area contributed by atoms with Gasteiger partial charge in [0.05, 0.1) is 14.6 Å². The third-order valence-electron chi connectivity index (χ3n) is 2.69. The van der Waals surface area contributed by atoms with Gasteiger partial charge in [-0.1, -0.05) is 12.8 Å². The van der Waals surface area contributed by atoms with Crippen molar-refractivity contribution in [3.8, 4) is 0 Å². The quantitative estimate of drug-likeness (QED) is 0.663. The summed E-state index contributed by atoms with van der Waals surface area (Å²) in [6.07, 6.45) is 7.11. The zero-order valence-corrected chi connectivity index (χ0v) is 12.3. The van der Waals surface area contributed by atoms with E-state index in [0.717, 1.165) is 13.4 Å². The monoisotopic (exact) mass is 381 g/mol. The first-order valence-corrected chi connectivity index (χ1v) is 7.07. The van der Waals surface area contributed by atoms with Crippen LogP contribution in [-0.4, -0.2) is 4.98 Å². The van der Waals surface area contributed by atoms with E-state index < -0.39 is 0 Å². The van der Waals surface area contributed by atoms with Crippen molar-refractivity contribution in [2.24, 2.45) is 0 Å². The van der Waals surface area contributed by atoms with E-state index in [1.807, 2.05) is 6.20 Å². The van der Waals surface area contributed by atoms with Crippen molar-refractivity contribution in [2.45, 2.75) is 31.6 Å². The summed E-state index contributed by atoms with van der Waals surface area (Å²) in [5, 5.41) is 0. The van der Waals surface area contributed by atoms with E-state index in [9.17, 15) is 0 Å². The first-order chi connectivity index (χ1) is 6.70. The van der Waals surface area contributed by atoms with Crippen molar-refractivity contribution in [1.29, 1.82) is 0 Å². The highest BCUT2D eigenvalue weighted by Gasteiger charge is 2.22. The first kappa shape index (κ1) is 11.1. The van der Waals surface area contributed by atoms with Gasteiger partial charge in [-0.05, 0) is 60.6 Å². The molecule has 0 radical (unpaired) electrons. The molecule has 0 aliphatic heterocycles. The minimum atomic E-state index is 0.647. The molecule has 4 heteroatoms. The van der Waals surface area contributed by atoms with Gasteiger partial charge in [0.15, 0.2) is 0 Å². The van der Waals surface area contributed by atoms with Crippen LogP contribution in [0.3, 0.4) is 0 Å². The molecular formula is C10H10Br3N. The zero-order valence-electron chi connectivity index (χ0n) is 7.56. The molecule has 1 fully saturated rings. The average Bonchev–Trinajstić information content (AvgIpc) is 2.67. The van der Waals surface area contributed by atoms with E-state index in [-0.39, 0.29) is 0 Å². The summed E-state index contributed by atoms with van der Waals surface area (Å²) in [5.41, 5.74) is 1.21. The normalized spacial score (nSPS) is 17.6. The largest absolute Gasteiger partial charge is 0.259 e. The number of nitrogens with zero attached hydrogens (tertiary/aromatic N) is 1. The summed E-state index contributed by atoms with van der Waals surface area (Å²) in [4.78, 5) is 4.50. The van der Waals surface area contributed by atoms with Crippen LogP contribution in [0.2, 0.25) is 0 Å². The van der Waals surface area contributed by atoms with E-state index >= 15 is 0 Å². The molecule has 1 saturated carbocycles. The van der Waals surface area contributed by atoms with Crippen LogP contribution >= 0.6 is 47.8 Å². The van der Waals surface area contributed by atoms with Gasteiger partial charge in [-0.15, -0.1) is 0 Å². The fraction of sp³-hybridized carbons (Fsp3) is 0.500. The van der Waals surface area contributed by atoms with E-state index in [0.29, 0.717) is 5.92 Å². The molecule has 1 aromatic rings. The van der Waals surface area contributed by atoms with Gasteiger partial charge >= 0.3 is 0 Å². The van der Waals surface area contributed by atoms with Crippen LogP contribution in [0.1, 0.15) is 37.3 Å². The fourth-order valence-electron chi connectivity index (χ4n) is 1.94. The second-order valence-electron chi connectivity index (χ2n) is 3.60. The third kappa shape index (κ3) is 2.07. The summed E-state index contributed by atoms with van der Waals surface area (Å²) < 4.78 is 3.19. The highest BCUT2D eigenvalue weighted by molar-refractivity contribution is 9.14. The van der Waals surface area contributed by atoms with E-state index in [1.165, 1.54) is 31.4 Å². The third-order valence-corrected chi connectivity index (χ3v) is 5.98. The van der Waals surface area contributed by atoms with Crippen molar-refractivity contribution < 1.29 is 0 Å². The molecule has 0 spiro atoms. The second kappa shape index (κ2) is 4.62. The molecule has 14 heavy (non-hydrogen) atoms. The van der Waals surface area contributed by atoms with Crippen LogP contribution < -0.4 is 0 Å². The highest BCUT2D eigenvalue weighted by Crippen LogP contribution is 2.40. The molecule has 0 unspecified atom stereocenters. The summed E-state index contributed by atoms with van der Waals surface area (Å²) in [7, 11) is 0. The summed E-state index contributed by atoms with van der Waals surface area (Å²) >= 11 is 10.6. The Labute approximate surface area is 109 Å². The molecule has 0 atom stereocenters. The van der Waals surface area contributed by atoms with Gasteiger partial charge in [0, 0.05) is 16.6 Å². The average molecular weight is 384 g/mol. The molecule has 1 aromatic heterocycles. The zero-order chi connectivity index (χ0) is 10.1. The van der Waals surface area contributed by atoms with E-state index in [2.05, 4.69) is 52.8 Å². The first-order valence-electron chi connectivity index (χ1n) is 4.69. The van der Waals surface area contributed by atoms with Crippen LogP contribution in [0.4, 0.5) is 0 Å². The van der Waals surface area contributed by atoms with Crippen LogP contribution in [0, 0.1) is 0 Å². The Morgan fingerprint density at radius 3 is 2.36 bits per heavy atom. The van der Waals surface area contributed by atoms with Gasteiger partial charge in [0.25, 0.3) is 0 Å². The molecule has 1 heterocycles. The summed E-state index contributed by atoms with van der Waals surface area (Å²) in [5.74, 6) is 0.647. The van der Waals surface area contributed by atoms with Crippen LogP contribution in [0.25, 0.3) is 0 Å². The SMILES string of the molecule is Brc1cnc(C2CCCC2)c(Br)c1Br. The lowest BCUT2D eigenvalue weighted by molar-refractivity contribution is 0.692. The standard InChI is InChI=1S/C10H10Br3N/c11-7-5-14-10(9(13)8(7)12)6-3-1-2-4-6/h5-6H,1-4H2. The Morgan fingerprint density at radius 2 is 1.71 bits per heavy atom. The Kier molecular flexibility index (Phi) is 3.66. The van der Waals surface area contributed by atoms with Crippen molar-refractivity contribution in [1.82, 2.24) is 4.98 Å². The van der Waals surface area contributed by atoms with Crippen molar-refractivity contribution >= 4 is 47.8 Å². The lowest BCUT2D eigenvalue weighted by Gasteiger charge is -2.12. The maximum atomic E-state index is 4.50. The molecule has 1 nitrogen and oxygen atoms in total. The fourth-order valence-corrected chi connectivity index (χ4v) is 3.45. The maximum absolute atomic E-state index is 4.50. The van der Waals surface area contributed by atoms with Gasteiger partial charge in [-0.2, -0.15) is 0 Å². The predicted molar refractivity (Wildman–Crippen MR) is 68.5 cm³/mol. The Bertz CT molecular complexity index is 345. The highest BCUT2D eigenvalue weighted by atomic mass is 79.9. The van der Waals surface area contributed by atoms with Crippen molar-refractivity contribution in [2.75, 3.05) is 0 Å². The number of aromatic nitrogens is 1. The maximum Gasteiger partial charge on any atom is 0.0588 e. The lowest BCUT2D eigenvalue weighted by Crippen LogP contribution is -1.98. The van der Waals surface area contributed by atoms with Gasteiger partial charge in [-0.25, -0.2) is 0 Å². The van der Waals surface area contributed by atoms with E-state index in [4.69, 9.17) is 0 Å². The number of halogens is 3. The smallest absolute Gasteiger partial charge is 0.0588 e. The van der Waals surface area contributed by atoms with Gasteiger partial charge in [-0.3, -0.25) is 4.98 Å². The number of hydrogen-bond acceptors (Lipinski definition) is 1. The van der Waals surface area contributed by atoms with Gasteiger partial charge < -0.3 is 0 Å². The Morgan fingerprint density at radius 1 is 1.07 bits per heavy atom. The van der Waals surface area contributed by atoms with Crippen LogP contribution in [0.15, 0.2) is 19.6 Å². The minimum absolute atomic E-state index is 0.647. The van der Waals surface area contributed by atoms with Gasteiger partial charge in [0.2, 0.25) is 0 Å². The minimum Gasteiger partial charge on any atom is -0.259 e. The molecule has 76 valence electrons. The molecule has 0 amide bonds. The Balaban J connectivity index is 2.38. The molecule has 0 N–H and O–H groups in total. The van der Waals surface area contributed by atoms with Crippen LogP contribution in [0.5, 0.6) is 0 Å². The summed E-state index contributed by atoms with van der Waals surface area (Å²) in [6.45, 7) is 0. The number of hydrogen-bond donors (Lipinski definition) is 0. The molecule has 0 saturated heterocycles. The summed E-state index contributed by atoms with van der Waals surface area (Å²) in [6, 6.07) is 0. The molecule has 0 aromatic carbocycles. The molecule has 1 aliphatic rings. The van der Waals surface area contributed by atoms with Crippen molar-refractivity contribution in [3.05, 3.63) is 25.3 Å². The molecular weight excluding hydrogens is 374 g/mol. The number of pyridine rings is 1.